The first kappa shape index (κ1) is 14.6. The van der Waals surface area contributed by atoms with Crippen LogP contribution in [0.5, 0.6) is 11.5 Å². The molecule has 0 bridgehead atoms. The molecule has 0 aliphatic heterocycles. The molecule has 116 valence electrons. The molecule has 6 nitrogen and oxygen atoms in total. The number of hydrogen-bond donors (Lipinski definition) is 1. The van der Waals surface area contributed by atoms with Crippen LogP contribution in [0.3, 0.4) is 0 Å². The Balaban J connectivity index is 2.17. The van der Waals surface area contributed by atoms with Crippen molar-refractivity contribution in [2.24, 2.45) is 0 Å². The molecule has 1 aromatic carbocycles. The van der Waals surface area contributed by atoms with Crippen molar-refractivity contribution in [1.29, 1.82) is 0 Å². The summed E-state index contributed by atoms with van der Waals surface area (Å²) in [5, 5.41) is 9.11. The predicted molar refractivity (Wildman–Crippen MR) is 86.7 cm³/mol. The van der Waals surface area contributed by atoms with E-state index in [9.17, 15) is 0 Å². The number of aryl methyl sites for hydroxylation is 1. The van der Waals surface area contributed by atoms with E-state index in [2.05, 4.69) is 20.1 Å². The van der Waals surface area contributed by atoms with Gasteiger partial charge in [0.15, 0.2) is 5.65 Å². The standard InChI is InChI=1S/C16H20N4O2/c1-10-14-15(22-8-7-20(2)3)12-9-11(21-4)5-6-13(12)17-16(14)19-18-10/h5-6,9H,7-8H2,1-4H3,(H,17,18,19). The molecule has 0 aliphatic rings. The summed E-state index contributed by atoms with van der Waals surface area (Å²) >= 11 is 0. The fourth-order valence-corrected chi connectivity index (χ4v) is 2.42. The predicted octanol–water partition coefficient (Wildman–Crippen LogP) is 2.37. The average Bonchev–Trinajstić information content (AvgIpc) is 2.87. The van der Waals surface area contributed by atoms with Gasteiger partial charge in [-0.2, -0.15) is 5.10 Å². The van der Waals surface area contributed by atoms with Gasteiger partial charge in [-0.1, -0.05) is 0 Å². The number of hydrogen-bond acceptors (Lipinski definition) is 5. The van der Waals surface area contributed by atoms with Crippen LogP contribution in [0.25, 0.3) is 21.9 Å². The minimum Gasteiger partial charge on any atom is -0.497 e. The molecule has 1 N–H and O–H groups in total. The minimum atomic E-state index is 0.600. The van der Waals surface area contributed by atoms with Gasteiger partial charge in [-0.05, 0) is 39.2 Å². The number of methoxy groups -OCH3 is 1. The fraction of sp³-hybridized carbons (Fsp3) is 0.375. The number of nitrogens with one attached hydrogen (secondary N) is 1. The summed E-state index contributed by atoms with van der Waals surface area (Å²) in [5.74, 6) is 1.60. The van der Waals surface area contributed by atoms with Gasteiger partial charge < -0.3 is 14.4 Å². The molecule has 3 rings (SSSR count). The molecule has 6 heteroatoms. The molecule has 22 heavy (non-hydrogen) atoms. The molecular weight excluding hydrogens is 280 g/mol. The molecule has 0 radical (unpaired) electrons. The monoisotopic (exact) mass is 300 g/mol. The molecule has 0 aliphatic carbocycles. The van der Waals surface area contributed by atoms with Crippen molar-refractivity contribution in [3.8, 4) is 11.5 Å². The number of H-pyrrole nitrogens is 1. The maximum Gasteiger partial charge on any atom is 0.185 e. The van der Waals surface area contributed by atoms with Crippen molar-refractivity contribution in [3.05, 3.63) is 23.9 Å². The SMILES string of the molecule is COc1ccc2nc3n[nH]c(C)c3c(OCCN(C)C)c2c1. The van der Waals surface area contributed by atoms with Crippen molar-refractivity contribution in [2.75, 3.05) is 34.4 Å². The zero-order valence-corrected chi connectivity index (χ0v) is 13.3. The van der Waals surface area contributed by atoms with Gasteiger partial charge in [-0.3, -0.25) is 5.10 Å². The van der Waals surface area contributed by atoms with Crippen LogP contribution < -0.4 is 9.47 Å². The number of likely N-dealkylation sites (N-methyl/N-ethyl adjacent to an activating group) is 1. The third-order valence-electron chi connectivity index (χ3n) is 3.61. The van der Waals surface area contributed by atoms with Crippen LogP contribution >= 0.6 is 0 Å². The number of rotatable bonds is 5. The Morgan fingerprint density at radius 1 is 1.27 bits per heavy atom. The molecule has 0 atom stereocenters. The average molecular weight is 300 g/mol. The molecular formula is C16H20N4O2. The second-order valence-electron chi connectivity index (χ2n) is 5.52. The van der Waals surface area contributed by atoms with E-state index in [1.165, 1.54) is 0 Å². The van der Waals surface area contributed by atoms with E-state index in [0.717, 1.165) is 40.0 Å². The number of nitrogens with zero attached hydrogens (tertiary/aromatic N) is 3. The summed E-state index contributed by atoms with van der Waals surface area (Å²) in [7, 11) is 5.70. The smallest absolute Gasteiger partial charge is 0.185 e. The normalized spacial score (nSPS) is 11.5. The van der Waals surface area contributed by atoms with Crippen LogP contribution in [-0.4, -0.2) is 54.4 Å². The Labute approximate surface area is 129 Å². The Bertz CT molecular complexity index is 811. The summed E-state index contributed by atoms with van der Waals surface area (Å²) in [6.45, 7) is 3.41. The molecule has 0 saturated carbocycles. The van der Waals surface area contributed by atoms with Crippen molar-refractivity contribution >= 4 is 21.9 Å². The van der Waals surface area contributed by atoms with E-state index in [-0.39, 0.29) is 0 Å². The van der Waals surface area contributed by atoms with E-state index in [4.69, 9.17) is 9.47 Å². The molecule has 2 heterocycles. The van der Waals surface area contributed by atoms with Gasteiger partial charge in [0.25, 0.3) is 0 Å². The number of ether oxygens (including phenoxy) is 2. The first-order valence-electron chi connectivity index (χ1n) is 7.20. The van der Waals surface area contributed by atoms with Gasteiger partial charge in [-0.25, -0.2) is 4.98 Å². The lowest BCUT2D eigenvalue weighted by molar-refractivity contribution is 0.266. The van der Waals surface area contributed by atoms with E-state index in [1.807, 2.05) is 39.2 Å². The van der Waals surface area contributed by atoms with E-state index in [0.29, 0.717) is 12.3 Å². The zero-order chi connectivity index (χ0) is 15.7. The highest BCUT2D eigenvalue weighted by atomic mass is 16.5. The lowest BCUT2D eigenvalue weighted by Crippen LogP contribution is -2.19. The van der Waals surface area contributed by atoms with Crippen LogP contribution in [-0.2, 0) is 0 Å². The molecule has 0 unspecified atom stereocenters. The molecule has 0 spiro atoms. The van der Waals surface area contributed by atoms with Crippen molar-refractivity contribution < 1.29 is 9.47 Å². The van der Waals surface area contributed by atoms with Gasteiger partial charge >= 0.3 is 0 Å². The Kier molecular flexibility index (Phi) is 3.85. The molecule has 2 aromatic heterocycles. The summed E-state index contributed by atoms with van der Waals surface area (Å²) in [4.78, 5) is 6.68. The van der Waals surface area contributed by atoms with E-state index < -0.39 is 0 Å². The highest BCUT2D eigenvalue weighted by molar-refractivity contribution is 6.01. The van der Waals surface area contributed by atoms with Crippen LogP contribution in [0.4, 0.5) is 0 Å². The topological polar surface area (TPSA) is 63.3 Å². The summed E-state index contributed by atoms with van der Waals surface area (Å²) < 4.78 is 11.4. The molecule has 3 aromatic rings. The van der Waals surface area contributed by atoms with E-state index in [1.54, 1.807) is 7.11 Å². The lowest BCUT2D eigenvalue weighted by atomic mass is 10.1. The summed E-state index contributed by atoms with van der Waals surface area (Å²) in [5.41, 5.74) is 2.47. The largest absolute Gasteiger partial charge is 0.497 e. The quantitative estimate of drug-likeness (QED) is 0.783. The van der Waals surface area contributed by atoms with Crippen LogP contribution in [0.15, 0.2) is 18.2 Å². The summed E-state index contributed by atoms with van der Waals surface area (Å²) in [6.07, 6.45) is 0. The first-order chi connectivity index (χ1) is 10.6. The summed E-state index contributed by atoms with van der Waals surface area (Å²) in [6, 6.07) is 5.78. The fourth-order valence-electron chi connectivity index (χ4n) is 2.42. The van der Waals surface area contributed by atoms with Crippen molar-refractivity contribution in [2.45, 2.75) is 6.92 Å². The van der Waals surface area contributed by atoms with E-state index >= 15 is 0 Å². The third kappa shape index (κ3) is 2.57. The third-order valence-corrected chi connectivity index (χ3v) is 3.61. The Hall–Kier alpha value is -2.34. The van der Waals surface area contributed by atoms with Crippen molar-refractivity contribution in [1.82, 2.24) is 20.1 Å². The van der Waals surface area contributed by atoms with Gasteiger partial charge in [0.05, 0.1) is 18.0 Å². The zero-order valence-electron chi connectivity index (χ0n) is 13.3. The van der Waals surface area contributed by atoms with Crippen molar-refractivity contribution in [3.63, 3.8) is 0 Å². The van der Waals surface area contributed by atoms with Gasteiger partial charge in [-0.15, -0.1) is 0 Å². The molecule has 0 amide bonds. The number of pyridine rings is 1. The van der Waals surface area contributed by atoms with Crippen LogP contribution in [0.1, 0.15) is 5.69 Å². The maximum atomic E-state index is 6.08. The highest BCUT2D eigenvalue weighted by Crippen LogP contribution is 2.35. The molecule has 0 fully saturated rings. The number of aromatic nitrogens is 3. The second kappa shape index (κ2) is 5.81. The number of aromatic amines is 1. The van der Waals surface area contributed by atoms with Crippen LogP contribution in [0.2, 0.25) is 0 Å². The Morgan fingerprint density at radius 3 is 2.82 bits per heavy atom. The van der Waals surface area contributed by atoms with Gasteiger partial charge in [0.2, 0.25) is 0 Å². The van der Waals surface area contributed by atoms with Gasteiger partial charge in [0, 0.05) is 17.6 Å². The number of fused-ring (bicyclic) bond motifs is 2. The number of benzene rings is 1. The van der Waals surface area contributed by atoms with Crippen LogP contribution in [0, 0.1) is 6.92 Å². The maximum absolute atomic E-state index is 6.08. The first-order valence-corrected chi connectivity index (χ1v) is 7.20. The molecule has 0 saturated heterocycles. The minimum absolute atomic E-state index is 0.600. The second-order valence-corrected chi connectivity index (χ2v) is 5.52. The Morgan fingerprint density at radius 2 is 2.09 bits per heavy atom. The van der Waals surface area contributed by atoms with Gasteiger partial charge in [0.1, 0.15) is 18.1 Å². The lowest BCUT2D eigenvalue weighted by Gasteiger charge is -2.14. The highest BCUT2D eigenvalue weighted by Gasteiger charge is 2.15.